The Morgan fingerprint density at radius 2 is 1.96 bits per heavy atom. The van der Waals surface area contributed by atoms with Crippen molar-refractivity contribution >= 4 is 29.4 Å². The van der Waals surface area contributed by atoms with Gasteiger partial charge in [-0.2, -0.15) is 11.8 Å². The van der Waals surface area contributed by atoms with Gasteiger partial charge in [-0.25, -0.2) is 0 Å². The maximum absolute atomic E-state index is 12.3. The zero-order chi connectivity index (χ0) is 18.2. The molecule has 0 unspecified atom stereocenters. The number of hydrogen-bond acceptors (Lipinski definition) is 5. The van der Waals surface area contributed by atoms with E-state index in [-0.39, 0.29) is 11.2 Å². The number of rotatable bonds is 7. The molecule has 4 nitrogen and oxygen atoms in total. The number of carbonyl (C=O) groups is 1. The van der Waals surface area contributed by atoms with E-state index in [1.165, 1.54) is 0 Å². The van der Waals surface area contributed by atoms with Crippen LogP contribution in [0.4, 0.5) is 0 Å². The molecule has 1 atom stereocenters. The summed E-state index contributed by atoms with van der Waals surface area (Å²) in [4.78, 5) is 12.3. The molecule has 0 spiro atoms. The Kier molecular flexibility index (Phi) is 7.14. The summed E-state index contributed by atoms with van der Waals surface area (Å²) in [5.74, 6) is 4.57. The number of carbonyl (C=O) groups excluding carboxylic acids is 1. The molecule has 1 N–H and O–H groups in total. The lowest BCUT2D eigenvalue weighted by Crippen LogP contribution is -2.35. The van der Waals surface area contributed by atoms with E-state index in [0.717, 1.165) is 28.4 Å². The second-order valence-corrected chi connectivity index (χ2v) is 8.37. The molecule has 0 aliphatic carbocycles. The molecule has 3 rings (SSSR count). The van der Waals surface area contributed by atoms with Crippen molar-refractivity contribution in [2.24, 2.45) is 0 Å². The van der Waals surface area contributed by atoms with Crippen molar-refractivity contribution in [2.75, 3.05) is 24.4 Å². The van der Waals surface area contributed by atoms with Crippen LogP contribution in [0, 0.1) is 0 Å². The molecule has 1 aliphatic heterocycles. The highest BCUT2D eigenvalue weighted by Gasteiger charge is 2.21. The number of amides is 1. The van der Waals surface area contributed by atoms with Crippen LogP contribution in [0.2, 0.25) is 0 Å². The van der Waals surface area contributed by atoms with E-state index in [9.17, 15) is 4.79 Å². The molecule has 138 valence electrons. The van der Waals surface area contributed by atoms with E-state index in [0.29, 0.717) is 24.7 Å². The summed E-state index contributed by atoms with van der Waals surface area (Å²) in [7, 11) is 1.63. The van der Waals surface area contributed by atoms with E-state index in [1.807, 2.05) is 60.3 Å². The first-order valence-corrected chi connectivity index (χ1v) is 10.8. The largest absolute Gasteiger partial charge is 0.493 e. The van der Waals surface area contributed by atoms with E-state index in [2.05, 4.69) is 5.32 Å². The molecule has 2 aromatic rings. The average molecular weight is 390 g/mol. The fraction of sp³-hybridized carbons (Fsp3) is 0.350. The number of nitrogens with one attached hydrogen (secondary N) is 1. The van der Waals surface area contributed by atoms with E-state index in [4.69, 9.17) is 9.47 Å². The Balaban J connectivity index is 1.56. The van der Waals surface area contributed by atoms with Crippen LogP contribution < -0.4 is 14.8 Å². The third-order valence-corrected chi connectivity index (χ3v) is 6.79. The lowest BCUT2D eigenvalue weighted by Gasteiger charge is -2.20. The fourth-order valence-corrected chi connectivity index (χ4v) is 5.20. The predicted octanol–water partition coefficient (Wildman–Crippen LogP) is 3.74. The highest BCUT2D eigenvalue weighted by atomic mass is 32.2. The third kappa shape index (κ3) is 5.35. The molecule has 26 heavy (non-hydrogen) atoms. The van der Waals surface area contributed by atoms with Gasteiger partial charge in [-0.05, 0) is 23.3 Å². The standard InChI is InChI=1S/C20H23NO3S2/c1-23-18-11-16(12-21-20(22)19-14-25-9-10-26-19)7-8-17(18)24-13-15-5-3-2-4-6-15/h2-8,11,19H,9-10,12-14H2,1H3,(H,21,22)/t19-/m0/s1. The Bertz CT molecular complexity index is 718. The summed E-state index contributed by atoms with van der Waals surface area (Å²) in [5.41, 5.74) is 2.10. The van der Waals surface area contributed by atoms with Crippen LogP contribution >= 0.6 is 23.5 Å². The number of benzene rings is 2. The van der Waals surface area contributed by atoms with Crippen molar-refractivity contribution < 1.29 is 14.3 Å². The summed E-state index contributed by atoms with van der Waals surface area (Å²) in [6, 6.07) is 15.8. The molecule has 1 saturated heterocycles. The second-order valence-electron chi connectivity index (χ2n) is 5.91. The first-order chi connectivity index (χ1) is 12.8. The van der Waals surface area contributed by atoms with Gasteiger partial charge < -0.3 is 14.8 Å². The minimum absolute atomic E-state index is 0.0594. The Morgan fingerprint density at radius 3 is 2.69 bits per heavy atom. The minimum atomic E-state index is 0.0594. The molecular weight excluding hydrogens is 366 g/mol. The highest BCUT2D eigenvalue weighted by Crippen LogP contribution is 2.29. The molecule has 0 saturated carbocycles. The van der Waals surface area contributed by atoms with Crippen LogP contribution in [0.5, 0.6) is 11.5 Å². The topological polar surface area (TPSA) is 47.6 Å². The van der Waals surface area contributed by atoms with Gasteiger partial charge in [0.2, 0.25) is 5.91 Å². The third-order valence-electron chi connectivity index (χ3n) is 4.04. The summed E-state index contributed by atoms with van der Waals surface area (Å²) in [5, 5.41) is 3.09. The number of methoxy groups -OCH3 is 1. The normalized spacial score (nSPS) is 16.7. The lowest BCUT2D eigenvalue weighted by atomic mass is 10.2. The second kappa shape index (κ2) is 9.78. The van der Waals surface area contributed by atoms with Crippen molar-refractivity contribution in [3.8, 4) is 11.5 Å². The van der Waals surface area contributed by atoms with Gasteiger partial charge in [-0.3, -0.25) is 4.79 Å². The molecule has 1 heterocycles. The molecule has 1 fully saturated rings. The molecule has 0 aromatic heterocycles. The molecule has 1 aliphatic rings. The van der Waals surface area contributed by atoms with E-state index < -0.39 is 0 Å². The number of ether oxygens (including phenoxy) is 2. The molecule has 2 aromatic carbocycles. The van der Waals surface area contributed by atoms with Gasteiger partial charge >= 0.3 is 0 Å². The summed E-state index contributed by atoms with van der Waals surface area (Å²) in [6.45, 7) is 0.986. The van der Waals surface area contributed by atoms with E-state index >= 15 is 0 Å². The van der Waals surface area contributed by atoms with Crippen molar-refractivity contribution in [1.82, 2.24) is 5.32 Å². The zero-order valence-electron chi connectivity index (χ0n) is 14.8. The molecule has 6 heteroatoms. The molecular formula is C20H23NO3S2. The maximum atomic E-state index is 12.3. The van der Waals surface area contributed by atoms with Gasteiger partial charge in [0.25, 0.3) is 0 Å². The zero-order valence-corrected chi connectivity index (χ0v) is 16.4. The smallest absolute Gasteiger partial charge is 0.234 e. The van der Waals surface area contributed by atoms with Crippen LogP contribution in [0.3, 0.4) is 0 Å². The van der Waals surface area contributed by atoms with Crippen LogP contribution in [-0.2, 0) is 17.9 Å². The molecule has 1 amide bonds. The Labute approximate surface area is 163 Å². The van der Waals surface area contributed by atoms with Crippen molar-refractivity contribution in [3.63, 3.8) is 0 Å². The highest BCUT2D eigenvalue weighted by molar-refractivity contribution is 8.07. The quantitative estimate of drug-likeness (QED) is 0.782. The van der Waals surface area contributed by atoms with Crippen molar-refractivity contribution in [2.45, 2.75) is 18.4 Å². The SMILES string of the molecule is COc1cc(CNC(=O)[C@@H]2CSCCS2)ccc1OCc1ccccc1. The maximum Gasteiger partial charge on any atom is 0.234 e. The van der Waals surface area contributed by atoms with Gasteiger partial charge in [-0.15, -0.1) is 11.8 Å². The predicted molar refractivity (Wildman–Crippen MR) is 109 cm³/mol. The van der Waals surface area contributed by atoms with Crippen molar-refractivity contribution in [1.29, 1.82) is 0 Å². The van der Waals surface area contributed by atoms with Crippen LogP contribution in [0.25, 0.3) is 0 Å². The van der Waals surface area contributed by atoms with Crippen LogP contribution in [-0.4, -0.2) is 35.5 Å². The molecule has 0 bridgehead atoms. The van der Waals surface area contributed by atoms with Gasteiger partial charge in [0.15, 0.2) is 11.5 Å². The Hall–Kier alpha value is -1.79. The average Bonchev–Trinajstić information content (AvgIpc) is 2.72. The number of hydrogen-bond donors (Lipinski definition) is 1. The van der Waals surface area contributed by atoms with Crippen LogP contribution in [0.15, 0.2) is 48.5 Å². The van der Waals surface area contributed by atoms with Gasteiger partial charge in [0.05, 0.1) is 12.4 Å². The summed E-state index contributed by atoms with van der Waals surface area (Å²) >= 11 is 3.59. The summed E-state index contributed by atoms with van der Waals surface area (Å²) < 4.78 is 11.3. The van der Waals surface area contributed by atoms with Gasteiger partial charge in [0, 0.05) is 23.8 Å². The van der Waals surface area contributed by atoms with Gasteiger partial charge in [0.1, 0.15) is 6.61 Å². The van der Waals surface area contributed by atoms with Crippen LogP contribution in [0.1, 0.15) is 11.1 Å². The lowest BCUT2D eigenvalue weighted by molar-refractivity contribution is -0.120. The van der Waals surface area contributed by atoms with E-state index in [1.54, 1.807) is 18.9 Å². The van der Waals surface area contributed by atoms with Gasteiger partial charge in [-0.1, -0.05) is 36.4 Å². The Morgan fingerprint density at radius 1 is 1.12 bits per heavy atom. The first kappa shape index (κ1) is 19.0. The first-order valence-electron chi connectivity index (χ1n) is 8.57. The summed E-state index contributed by atoms with van der Waals surface area (Å²) in [6.07, 6.45) is 0. The van der Waals surface area contributed by atoms with Crippen molar-refractivity contribution in [3.05, 3.63) is 59.7 Å². The molecule has 0 radical (unpaired) electrons. The number of thioether (sulfide) groups is 2. The fourth-order valence-electron chi connectivity index (χ4n) is 2.62. The monoisotopic (exact) mass is 389 g/mol. The minimum Gasteiger partial charge on any atom is -0.493 e.